The molecule has 5 heterocycles. The smallest absolute Gasteiger partial charge is 0.275 e. The summed E-state index contributed by atoms with van der Waals surface area (Å²) in [6.45, 7) is 8.86. The number of H-pyrrole nitrogens is 2. The molecule has 0 radical (unpaired) electrons. The van der Waals surface area contributed by atoms with E-state index in [1.54, 1.807) is 10.7 Å². The molecule has 0 saturated carbocycles. The fourth-order valence-electron chi connectivity index (χ4n) is 7.00. The molecule has 2 fully saturated rings. The van der Waals surface area contributed by atoms with Crippen LogP contribution in [-0.2, 0) is 13.1 Å². The van der Waals surface area contributed by atoms with Crippen LogP contribution in [0.4, 0.5) is 5.69 Å². The monoisotopic (exact) mass is 577 g/mol. The normalized spacial score (nSPS) is 22.3. The van der Waals surface area contributed by atoms with E-state index in [9.17, 15) is 9.59 Å². The number of piperazine rings is 1. The fourth-order valence-corrected chi connectivity index (χ4v) is 7.00. The lowest BCUT2D eigenvalue weighted by Gasteiger charge is -2.36. The number of benzene rings is 3. The Balaban J connectivity index is 1.20. The molecule has 2 N–H and O–H groups in total. The summed E-state index contributed by atoms with van der Waals surface area (Å²) in [7, 11) is 0. The molecule has 6 bridgehead atoms. The lowest BCUT2D eigenvalue weighted by Crippen LogP contribution is -2.46. The second kappa shape index (κ2) is 10.4. The van der Waals surface area contributed by atoms with Crippen LogP contribution in [-0.4, -0.2) is 81.0 Å². The predicted molar refractivity (Wildman–Crippen MR) is 168 cm³/mol. The first kappa shape index (κ1) is 26.2. The van der Waals surface area contributed by atoms with Crippen molar-refractivity contribution in [3.63, 3.8) is 0 Å². The number of para-hydroxylation sites is 1. The van der Waals surface area contributed by atoms with E-state index in [2.05, 4.69) is 68.1 Å². The highest BCUT2D eigenvalue weighted by Crippen LogP contribution is 2.34. The Bertz CT molecular complexity index is 1940. The summed E-state index contributed by atoms with van der Waals surface area (Å²) in [5, 5.41) is 3.84. The van der Waals surface area contributed by atoms with Crippen LogP contribution < -0.4 is 20.8 Å². The highest BCUT2D eigenvalue weighted by molar-refractivity contribution is 5.94. The van der Waals surface area contributed by atoms with Crippen LogP contribution in [0, 0.1) is 0 Å². The molecule has 3 atom stereocenters. The van der Waals surface area contributed by atoms with Gasteiger partial charge in [0.2, 0.25) is 0 Å². The predicted octanol–water partition coefficient (Wildman–Crippen LogP) is 3.41. The van der Waals surface area contributed by atoms with Gasteiger partial charge in [0.1, 0.15) is 23.1 Å². The molecule has 0 amide bonds. The second-order valence-corrected chi connectivity index (χ2v) is 12.1. The number of aromatic nitrogens is 4. The third-order valence-electron chi connectivity index (χ3n) is 9.34. The Morgan fingerprint density at radius 3 is 2.63 bits per heavy atom. The van der Waals surface area contributed by atoms with Crippen LogP contribution in [0.3, 0.4) is 0 Å². The molecule has 0 aliphatic carbocycles. The Hall–Kier alpha value is -4.41. The van der Waals surface area contributed by atoms with Crippen molar-refractivity contribution in [1.82, 2.24) is 29.5 Å². The summed E-state index contributed by atoms with van der Waals surface area (Å²) in [5.41, 5.74) is 4.76. The largest absolute Gasteiger partial charge is 0.487 e. The zero-order valence-corrected chi connectivity index (χ0v) is 24.3. The van der Waals surface area contributed by atoms with E-state index in [-0.39, 0.29) is 22.9 Å². The van der Waals surface area contributed by atoms with Gasteiger partial charge in [-0.25, -0.2) is 4.98 Å². The SMILES string of the molecule is C[C@@H]1CC2CN1CCn1[nH]c3c(cccc3c1=O)-c1nc3c(cc(N4CCN(Cc5ccccc5)CC4)cc3[nH]c1=O)O2. The molecule has 3 aliphatic rings. The third-order valence-corrected chi connectivity index (χ3v) is 9.34. The number of aromatic amines is 2. The van der Waals surface area contributed by atoms with Crippen molar-refractivity contribution in [3.05, 3.63) is 86.9 Å². The molecule has 8 rings (SSSR count). The number of hydrogen-bond donors (Lipinski definition) is 2. The van der Waals surface area contributed by atoms with Gasteiger partial charge in [-0.15, -0.1) is 0 Å². The van der Waals surface area contributed by atoms with E-state index < -0.39 is 0 Å². The highest BCUT2D eigenvalue weighted by Gasteiger charge is 2.32. The van der Waals surface area contributed by atoms with E-state index in [1.165, 1.54) is 5.56 Å². The minimum atomic E-state index is -0.294. The molecule has 0 spiro atoms. The fraction of sp³-hybridized carbons (Fsp3) is 0.364. The number of ether oxygens (including phenoxy) is 1. The van der Waals surface area contributed by atoms with Gasteiger partial charge in [0.15, 0.2) is 0 Å². The zero-order valence-electron chi connectivity index (χ0n) is 24.3. The quantitative estimate of drug-likeness (QED) is 0.339. The number of hydrogen-bond acceptors (Lipinski definition) is 7. The number of nitrogens with zero attached hydrogens (tertiary/aromatic N) is 5. The second-order valence-electron chi connectivity index (χ2n) is 12.1. The van der Waals surface area contributed by atoms with Crippen molar-refractivity contribution in [2.45, 2.75) is 38.6 Å². The standard InChI is InChI=1S/C33H35N7O3/c1-21-16-24-20-39(21)14-15-40-33(42)26-9-5-8-25(29(26)36-40)30-32(41)34-27-17-23(18-28(43-24)31(27)35-30)38-12-10-37(11-13-38)19-22-6-3-2-4-7-22/h2-9,17-18,21,24,36H,10-16,19-20H2,1H3,(H,34,41)/t21-,24?/m1/s1. The third kappa shape index (κ3) is 4.71. The zero-order chi connectivity index (χ0) is 29.1. The lowest BCUT2D eigenvalue weighted by atomic mass is 10.1. The first-order chi connectivity index (χ1) is 21.0. The Morgan fingerprint density at radius 2 is 1.79 bits per heavy atom. The first-order valence-electron chi connectivity index (χ1n) is 15.2. The number of nitrogens with one attached hydrogen (secondary N) is 2. The van der Waals surface area contributed by atoms with Gasteiger partial charge in [-0.2, -0.15) is 0 Å². The molecule has 43 heavy (non-hydrogen) atoms. The summed E-state index contributed by atoms with van der Waals surface area (Å²) in [6, 6.07) is 20.5. The van der Waals surface area contributed by atoms with Gasteiger partial charge in [-0.05, 0) is 24.6 Å². The van der Waals surface area contributed by atoms with Gasteiger partial charge in [0, 0.05) is 75.6 Å². The van der Waals surface area contributed by atoms with Crippen molar-refractivity contribution in [2.75, 3.05) is 44.2 Å². The summed E-state index contributed by atoms with van der Waals surface area (Å²) in [5.74, 6) is 0.686. The molecular weight excluding hydrogens is 542 g/mol. The molecule has 2 unspecified atom stereocenters. The van der Waals surface area contributed by atoms with Crippen LogP contribution in [0.15, 0.2) is 70.3 Å². The van der Waals surface area contributed by atoms with E-state index in [1.807, 2.05) is 18.2 Å². The van der Waals surface area contributed by atoms with Gasteiger partial charge >= 0.3 is 0 Å². The maximum Gasteiger partial charge on any atom is 0.275 e. The molecule has 3 aliphatic heterocycles. The van der Waals surface area contributed by atoms with Crippen LogP contribution in [0.2, 0.25) is 0 Å². The van der Waals surface area contributed by atoms with Crippen LogP contribution in [0.5, 0.6) is 5.75 Å². The van der Waals surface area contributed by atoms with Gasteiger partial charge < -0.3 is 14.6 Å². The van der Waals surface area contributed by atoms with E-state index in [4.69, 9.17) is 9.72 Å². The van der Waals surface area contributed by atoms with Gasteiger partial charge in [0.05, 0.1) is 23.0 Å². The average molecular weight is 578 g/mol. The Kier molecular flexibility index (Phi) is 6.34. The average Bonchev–Trinajstić information content (AvgIpc) is 3.53. The molecule has 10 heteroatoms. The Labute approximate surface area is 248 Å². The number of rotatable bonds is 3. The lowest BCUT2D eigenvalue weighted by molar-refractivity contribution is 0.195. The summed E-state index contributed by atoms with van der Waals surface area (Å²) < 4.78 is 8.39. The van der Waals surface area contributed by atoms with Gasteiger partial charge in [0.25, 0.3) is 11.1 Å². The first-order valence-corrected chi connectivity index (χ1v) is 15.2. The molecular formula is C33H35N7O3. The van der Waals surface area contributed by atoms with Crippen molar-refractivity contribution in [2.24, 2.45) is 0 Å². The number of anilines is 1. The molecule has 220 valence electrons. The highest BCUT2D eigenvalue weighted by atomic mass is 16.5. The van der Waals surface area contributed by atoms with E-state index in [0.29, 0.717) is 45.8 Å². The minimum absolute atomic E-state index is 0.0184. The molecule has 2 aromatic heterocycles. The maximum atomic E-state index is 13.6. The summed E-state index contributed by atoms with van der Waals surface area (Å²) in [4.78, 5) is 42.1. The molecule has 5 aromatic rings. The van der Waals surface area contributed by atoms with E-state index in [0.717, 1.165) is 57.9 Å². The minimum Gasteiger partial charge on any atom is -0.487 e. The van der Waals surface area contributed by atoms with Gasteiger partial charge in [-0.1, -0.05) is 42.5 Å². The van der Waals surface area contributed by atoms with Crippen LogP contribution in [0.25, 0.3) is 33.2 Å². The topological polar surface area (TPSA) is 102 Å². The van der Waals surface area contributed by atoms with Crippen molar-refractivity contribution >= 4 is 27.6 Å². The molecule has 3 aromatic carbocycles. The van der Waals surface area contributed by atoms with Crippen LogP contribution in [0.1, 0.15) is 18.9 Å². The summed E-state index contributed by atoms with van der Waals surface area (Å²) in [6.07, 6.45) is 0.861. The molecule has 10 nitrogen and oxygen atoms in total. The summed E-state index contributed by atoms with van der Waals surface area (Å²) >= 11 is 0. The number of fused-ring (bicyclic) bond motifs is 5. The van der Waals surface area contributed by atoms with Crippen molar-refractivity contribution in [3.8, 4) is 17.0 Å². The molecule has 2 saturated heterocycles. The van der Waals surface area contributed by atoms with Crippen LogP contribution >= 0.6 is 0 Å². The van der Waals surface area contributed by atoms with E-state index >= 15 is 0 Å². The van der Waals surface area contributed by atoms with Gasteiger partial charge in [-0.3, -0.25) is 29.2 Å². The maximum absolute atomic E-state index is 13.6. The van der Waals surface area contributed by atoms with Crippen molar-refractivity contribution < 1.29 is 4.74 Å². The Morgan fingerprint density at radius 1 is 0.953 bits per heavy atom. The van der Waals surface area contributed by atoms with Crippen molar-refractivity contribution in [1.29, 1.82) is 0 Å².